The summed E-state index contributed by atoms with van der Waals surface area (Å²) < 4.78 is 4.92. The molecule has 2 heterocycles. The number of H-pyrrole nitrogens is 1. The van der Waals surface area contributed by atoms with Gasteiger partial charge in [0.25, 0.3) is 5.56 Å². The summed E-state index contributed by atoms with van der Waals surface area (Å²) in [5.41, 5.74) is 2.08. The molecule has 112 valence electrons. The minimum absolute atomic E-state index is 0.138. The molecule has 2 aromatic heterocycles. The molecule has 0 aliphatic carbocycles. The van der Waals surface area contributed by atoms with Crippen molar-refractivity contribution in [3.8, 4) is 11.3 Å². The second-order valence-corrected chi connectivity index (χ2v) is 5.69. The van der Waals surface area contributed by atoms with Crippen LogP contribution in [0.25, 0.3) is 11.3 Å². The van der Waals surface area contributed by atoms with Gasteiger partial charge in [-0.15, -0.1) is 0 Å². The first-order chi connectivity index (χ1) is 10.6. The first kappa shape index (κ1) is 14.5. The fourth-order valence-corrected chi connectivity index (χ4v) is 2.69. The summed E-state index contributed by atoms with van der Waals surface area (Å²) in [6, 6.07) is 9.65. The lowest BCUT2D eigenvalue weighted by molar-refractivity contribution is 0.389. The molecule has 7 heteroatoms. The molecule has 22 heavy (non-hydrogen) atoms. The van der Waals surface area contributed by atoms with Crippen molar-refractivity contribution in [2.75, 3.05) is 0 Å². The second-order valence-electron chi connectivity index (χ2n) is 4.73. The molecular formula is C15H14N4O2S. The Morgan fingerprint density at radius 1 is 1.18 bits per heavy atom. The molecule has 0 bridgehead atoms. The summed E-state index contributed by atoms with van der Waals surface area (Å²) in [7, 11) is 0. The predicted octanol–water partition coefficient (Wildman–Crippen LogP) is 2.73. The Morgan fingerprint density at radius 2 is 1.95 bits per heavy atom. The van der Waals surface area contributed by atoms with Crippen LogP contribution in [-0.2, 0) is 5.75 Å². The molecule has 1 N–H and O–H groups in total. The normalized spacial score (nSPS) is 10.8. The van der Waals surface area contributed by atoms with Crippen molar-refractivity contribution in [3.63, 3.8) is 0 Å². The molecule has 0 unspecified atom stereocenters. The van der Waals surface area contributed by atoms with Crippen LogP contribution in [0, 0.1) is 13.8 Å². The third-order valence-electron chi connectivity index (χ3n) is 3.08. The molecule has 0 aliphatic rings. The zero-order chi connectivity index (χ0) is 15.5. The van der Waals surface area contributed by atoms with Gasteiger partial charge in [-0.2, -0.15) is 4.98 Å². The van der Waals surface area contributed by atoms with E-state index in [0.717, 1.165) is 5.56 Å². The summed E-state index contributed by atoms with van der Waals surface area (Å²) in [5, 5.41) is 4.36. The van der Waals surface area contributed by atoms with Crippen molar-refractivity contribution in [1.29, 1.82) is 0 Å². The second kappa shape index (κ2) is 6.15. The Kier molecular flexibility index (Phi) is 4.06. The van der Waals surface area contributed by atoms with Crippen LogP contribution in [0.15, 0.2) is 44.8 Å². The Labute approximate surface area is 131 Å². The molecule has 3 aromatic rings. The zero-order valence-electron chi connectivity index (χ0n) is 12.2. The van der Waals surface area contributed by atoms with Crippen LogP contribution in [0.3, 0.4) is 0 Å². The highest BCUT2D eigenvalue weighted by molar-refractivity contribution is 7.98. The lowest BCUT2D eigenvalue weighted by atomic mass is 10.1. The van der Waals surface area contributed by atoms with Crippen LogP contribution in [0.4, 0.5) is 0 Å². The molecular weight excluding hydrogens is 300 g/mol. The van der Waals surface area contributed by atoms with Gasteiger partial charge in [-0.25, -0.2) is 4.98 Å². The van der Waals surface area contributed by atoms with Gasteiger partial charge in [0.05, 0.1) is 11.4 Å². The molecule has 0 saturated heterocycles. The van der Waals surface area contributed by atoms with E-state index in [9.17, 15) is 4.79 Å². The highest BCUT2D eigenvalue weighted by Crippen LogP contribution is 2.22. The maximum Gasteiger partial charge on any atom is 0.255 e. The van der Waals surface area contributed by atoms with Crippen molar-refractivity contribution in [2.24, 2.45) is 0 Å². The van der Waals surface area contributed by atoms with E-state index < -0.39 is 0 Å². The lowest BCUT2D eigenvalue weighted by Gasteiger charge is -2.06. The predicted molar refractivity (Wildman–Crippen MR) is 83.6 cm³/mol. The van der Waals surface area contributed by atoms with Gasteiger partial charge in [0.15, 0.2) is 11.0 Å². The Balaban J connectivity index is 1.89. The molecule has 3 rings (SSSR count). The van der Waals surface area contributed by atoms with Crippen molar-refractivity contribution in [3.05, 3.63) is 58.0 Å². The molecule has 0 spiro atoms. The highest BCUT2D eigenvalue weighted by Gasteiger charge is 2.11. The van der Waals surface area contributed by atoms with E-state index in [-0.39, 0.29) is 5.56 Å². The van der Waals surface area contributed by atoms with E-state index in [4.69, 9.17) is 4.52 Å². The fraction of sp³-hybridized carbons (Fsp3) is 0.200. The minimum atomic E-state index is -0.138. The number of aromatic nitrogens is 4. The number of aromatic amines is 1. The SMILES string of the molecule is Cc1nc(CSc2nc(-c3ccccc3)c(C)c(=O)[nH]2)no1. The zero-order valence-corrected chi connectivity index (χ0v) is 13.0. The van der Waals surface area contributed by atoms with E-state index >= 15 is 0 Å². The Bertz CT molecular complexity index is 842. The summed E-state index contributed by atoms with van der Waals surface area (Å²) in [6.45, 7) is 3.51. The number of thioether (sulfide) groups is 1. The molecule has 0 fully saturated rings. The molecule has 6 nitrogen and oxygen atoms in total. The van der Waals surface area contributed by atoms with Crippen LogP contribution >= 0.6 is 11.8 Å². The number of hydrogen-bond acceptors (Lipinski definition) is 6. The maximum absolute atomic E-state index is 12.1. The quantitative estimate of drug-likeness (QED) is 0.589. The average molecular weight is 314 g/mol. The molecule has 0 aliphatic heterocycles. The Morgan fingerprint density at radius 3 is 2.64 bits per heavy atom. The number of rotatable bonds is 4. The molecule has 0 amide bonds. The van der Waals surface area contributed by atoms with Gasteiger partial charge in [-0.3, -0.25) is 4.79 Å². The van der Waals surface area contributed by atoms with Gasteiger partial charge >= 0.3 is 0 Å². The van der Waals surface area contributed by atoms with Crippen molar-refractivity contribution in [2.45, 2.75) is 24.8 Å². The van der Waals surface area contributed by atoms with Gasteiger partial charge in [-0.05, 0) is 6.92 Å². The number of nitrogens with one attached hydrogen (secondary N) is 1. The molecule has 0 saturated carbocycles. The Hall–Kier alpha value is -2.41. The average Bonchev–Trinajstić information content (AvgIpc) is 2.95. The van der Waals surface area contributed by atoms with E-state index in [1.165, 1.54) is 11.8 Å². The van der Waals surface area contributed by atoms with Crippen LogP contribution in [0.5, 0.6) is 0 Å². The van der Waals surface area contributed by atoms with Gasteiger partial charge in [0.2, 0.25) is 5.89 Å². The number of benzene rings is 1. The smallest absolute Gasteiger partial charge is 0.255 e. The highest BCUT2D eigenvalue weighted by atomic mass is 32.2. The van der Waals surface area contributed by atoms with Crippen LogP contribution in [0.1, 0.15) is 17.3 Å². The monoisotopic (exact) mass is 314 g/mol. The number of nitrogens with zero attached hydrogens (tertiary/aromatic N) is 3. The van der Waals surface area contributed by atoms with E-state index in [1.54, 1.807) is 13.8 Å². The van der Waals surface area contributed by atoms with Gasteiger partial charge < -0.3 is 9.51 Å². The fourth-order valence-electron chi connectivity index (χ4n) is 1.99. The third-order valence-corrected chi connectivity index (χ3v) is 3.95. The van der Waals surface area contributed by atoms with Crippen molar-refractivity contribution >= 4 is 11.8 Å². The first-order valence-electron chi connectivity index (χ1n) is 6.72. The van der Waals surface area contributed by atoms with Gasteiger partial charge in [0.1, 0.15) is 0 Å². The standard InChI is InChI=1S/C15H14N4O2S/c1-9-13(11-6-4-3-5-7-11)17-15(18-14(9)20)22-8-12-16-10(2)21-19-12/h3-7H,8H2,1-2H3,(H,17,18,20). The summed E-state index contributed by atoms with van der Waals surface area (Å²) in [4.78, 5) is 23.5. The maximum atomic E-state index is 12.1. The minimum Gasteiger partial charge on any atom is -0.340 e. The van der Waals surface area contributed by atoms with E-state index in [0.29, 0.717) is 33.9 Å². The topological polar surface area (TPSA) is 84.7 Å². The van der Waals surface area contributed by atoms with E-state index in [1.807, 2.05) is 30.3 Å². The summed E-state index contributed by atoms with van der Waals surface area (Å²) in [5.74, 6) is 1.58. The summed E-state index contributed by atoms with van der Waals surface area (Å²) in [6.07, 6.45) is 0. The van der Waals surface area contributed by atoms with Crippen LogP contribution in [0.2, 0.25) is 0 Å². The molecule has 0 radical (unpaired) electrons. The number of hydrogen-bond donors (Lipinski definition) is 1. The van der Waals surface area contributed by atoms with Crippen molar-refractivity contribution < 1.29 is 4.52 Å². The summed E-state index contributed by atoms with van der Waals surface area (Å²) >= 11 is 1.37. The van der Waals surface area contributed by atoms with Crippen LogP contribution < -0.4 is 5.56 Å². The molecule has 0 atom stereocenters. The van der Waals surface area contributed by atoms with E-state index in [2.05, 4.69) is 20.1 Å². The largest absolute Gasteiger partial charge is 0.340 e. The van der Waals surface area contributed by atoms with Crippen molar-refractivity contribution in [1.82, 2.24) is 20.1 Å². The number of aryl methyl sites for hydroxylation is 1. The third kappa shape index (κ3) is 3.09. The lowest BCUT2D eigenvalue weighted by Crippen LogP contribution is -2.14. The first-order valence-corrected chi connectivity index (χ1v) is 7.70. The van der Waals surface area contributed by atoms with Gasteiger partial charge in [-0.1, -0.05) is 47.3 Å². The van der Waals surface area contributed by atoms with Gasteiger partial charge in [0, 0.05) is 18.1 Å². The molecule has 1 aromatic carbocycles. The van der Waals surface area contributed by atoms with Crippen LogP contribution in [-0.4, -0.2) is 20.1 Å².